The third kappa shape index (κ3) is 3.54. The van der Waals surface area contributed by atoms with Gasteiger partial charge in [0.05, 0.1) is 5.56 Å². The fraction of sp³-hybridized carbons (Fsp3) is 0.350. The molecule has 1 N–H and O–H groups in total. The van der Waals surface area contributed by atoms with Crippen LogP contribution in [0.5, 0.6) is 0 Å². The Kier molecular flexibility index (Phi) is 4.93. The van der Waals surface area contributed by atoms with Crippen LogP contribution < -0.4 is 5.43 Å². The third-order valence-electron chi connectivity index (χ3n) is 5.05. The van der Waals surface area contributed by atoms with E-state index in [1.807, 2.05) is 6.07 Å². The fourth-order valence-electron chi connectivity index (χ4n) is 3.49. The van der Waals surface area contributed by atoms with Gasteiger partial charge in [-0.15, -0.1) is 0 Å². The summed E-state index contributed by atoms with van der Waals surface area (Å²) in [5.74, 6) is -1.02. The van der Waals surface area contributed by atoms with Crippen molar-refractivity contribution in [2.24, 2.45) is 7.05 Å². The number of aromatic nitrogens is 1. The van der Waals surface area contributed by atoms with E-state index in [0.29, 0.717) is 18.8 Å². The molecule has 2 heterocycles. The highest BCUT2D eigenvalue weighted by atomic mass is 16.4. The van der Waals surface area contributed by atoms with Gasteiger partial charge < -0.3 is 14.6 Å². The molecule has 1 aliphatic heterocycles. The fourth-order valence-corrected chi connectivity index (χ4v) is 3.49. The molecule has 1 aromatic heterocycles. The van der Waals surface area contributed by atoms with Gasteiger partial charge >= 0.3 is 5.97 Å². The molecule has 1 saturated heterocycles. The van der Waals surface area contributed by atoms with Crippen molar-refractivity contribution in [1.29, 1.82) is 0 Å². The number of piperidine rings is 1. The Morgan fingerprint density at radius 1 is 1.19 bits per heavy atom. The number of carboxylic acids is 1. The average molecular weight is 354 g/mol. The lowest BCUT2D eigenvalue weighted by Crippen LogP contribution is -2.40. The minimum atomic E-state index is -0.953. The van der Waals surface area contributed by atoms with Crippen molar-refractivity contribution in [3.05, 3.63) is 69.1 Å². The Morgan fingerprint density at radius 3 is 2.69 bits per heavy atom. The van der Waals surface area contributed by atoms with Gasteiger partial charge in [0.25, 0.3) is 5.91 Å². The highest BCUT2D eigenvalue weighted by Crippen LogP contribution is 2.28. The van der Waals surface area contributed by atoms with Gasteiger partial charge in [-0.3, -0.25) is 9.59 Å². The summed E-state index contributed by atoms with van der Waals surface area (Å²) in [6, 6.07) is 9.79. The van der Waals surface area contributed by atoms with Crippen LogP contribution in [0.3, 0.4) is 0 Å². The van der Waals surface area contributed by atoms with E-state index in [-0.39, 0.29) is 22.8 Å². The van der Waals surface area contributed by atoms with Crippen LogP contribution in [0, 0.1) is 6.92 Å². The first kappa shape index (κ1) is 17.9. The number of benzene rings is 1. The number of carboxylic acid groups (broad SMARTS) is 1. The molecule has 0 radical (unpaired) electrons. The van der Waals surface area contributed by atoms with E-state index in [1.54, 1.807) is 41.6 Å². The molecule has 3 rings (SSSR count). The topological polar surface area (TPSA) is 79.6 Å². The second-order valence-corrected chi connectivity index (χ2v) is 6.80. The number of carbonyl (C=O) groups is 2. The SMILES string of the molecule is Cc1cc(=O)cc(C(=O)N2CCC[C@@H](c3cccc(C(=O)O)c3)C2)n1C. The minimum Gasteiger partial charge on any atom is -0.478 e. The van der Waals surface area contributed by atoms with Crippen molar-refractivity contribution in [3.63, 3.8) is 0 Å². The molecule has 0 aliphatic carbocycles. The molecular weight excluding hydrogens is 332 g/mol. The van der Waals surface area contributed by atoms with Crippen LogP contribution >= 0.6 is 0 Å². The van der Waals surface area contributed by atoms with Crippen molar-refractivity contribution in [2.75, 3.05) is 13.1 Å². The minimum absolute atomic E-state index is 0.0915. The summed E-state index contributed by atoms with van der Waals surface area (Å²) in [5, 5.41) is 9.18. The van der Waals surface area contributed by atoms with Gasteiger partial charge in [0, 0.05) is 43.9 Å². The summed E-state index contributed by atoms with van der Waals surface area (Å²) in [5.41, 5.74) is 2.14. The zero-order valence-corrected chi connectivity index (χ0v) is 14.9. The van der Waals surface area contributed by atoms with Crippen LogP contribution in [0.4, 0.5) is 0 Å². The van der Waals surface area contributed by atoms with Crippen LogP contribution in [-0.4, -0.2) is 39.5 Å². The third-order valence-corrected chi connectivity index (χ3v) is 5.05. The second-order valence-electron chi connectivity index (χ2n) is 6.80. The summed E-state index contributed by atoms with van der Waals surface area (Å²) < 4.78 is 1.73. The Bertz CT molecular complexity index is 916. The number of pyridine rings is 1. The van der Waals surface area contributed by atoms with E-state index < -0.39 is 5.97 Å². The Hall–Kier alpha value is -2.89. The molecule has 1 atom stereocenters. The van der Waals surface area contributed by atoms with Crippen LogP contribution in [0.15, 0.2) is 41.2 Å². The van der Waals surface area contributed by atoms with Crippen LogP contribution in [-0.2, 0) is 7.05 Å². The zero-order chi connectivity index (χ0) is 18.8. The average Bonchev–Trinajstić information content (AvgIpc) is 2.64. The molecule has 0 unspecified atom stereocenters. The summed E-state index contributed by atoms with van der Waals surface area (Å²) >= 11 is 0. The lowest BCUT2D eigenvalue weighted by molar-refractivity contribution is 0.0683. The van der Waals surface area contributed by atoms with E-state index >= 15 is 0 Å². The number of hydrogen-bond donors (Lipinski definition) is 1. The summed E-state index contributed by atoms with van der Waals surface area (Å²) in [7, 11) is 1.78. The second kappa shape index (κ2) is 7.15. The van der Waals surface area contributed by atoms with Crippen molar-refractivity contribution in [2.45, 2.75) is 25.7 Å². The normalized spacial score (nSPS) is 17.2. The molecule has 0 bridgehead atoms. The van der Waals surface area contributed by atoms with Crippen LogP contribution in [0.25, 0.3) is 0 Å². The predicted molar refractivity (Wildman–Crippen MR) is 97.7 cm³/mol. The Balaban J connectivity index is 1.85. The van der Waals surface area contributed by atoms with Crippen molar-refractivity contribution in [3.8, 4) is 0 Å². The number of aryl methyl sites for hydroxylation is 1. The molecule has 6 heteroatoms. The highest BCUT2D eigenvalue weighted by molar-refractivity contribution is 5.92. The molecule has 0 spiro atoms. The summed E-state index contributed by atoms with van der Waals surface area (Å²) in [4.78, 5) is 37.7. The predicted octanol–water partition coefficient (Wildman–Crippen LogP) is 2.41. The standard InChI is InChI=1S/C20H22N2O4/c1-13-9-17(23)11-18(21(13)2)19(24)22-8-4-7-16(12-22)14-5-3-6-15(10-14)20(25)26/h3,5-6,9-11,16H,4,7-8,12H2,1-2H3,(H,25,26)/t16-/m1/s1. The number of likely N-dealkylation sites (tertiary alicyclic amines) is 1. The molecule has 1 amide bonds. The maximum atomic E-state index is 12.9. The largest absolute Gasteiger partial charge is 0.478 e. The maximum Gasteiger partial charge on any atom is 0.335 e. The Labute approximate surface area is 151 Å². The number of carbonyl (C=O) groups excluding carboxylic acids is 1. The maximum absolute atomic E-state index is 12.9. The number of nitrogens with zero attached hydrogens (tertiary/aromatic N) is 2. The number of rotatable bonds is 3. The molecule has 1 aliphatic rings. The Morgan fingerprint density at radius 2 is 1.96 bits per heavy atom. The lowest BCUT2D eigenvalue weighted by Gasteiger charge is -2.33. The zero-order valence-electron chi connectivity index (χ0n) is 14.9. The molecule has 2 aromatic rings. The molecule has 1 aromatic carbocycles. The van der Waals surface area contributed by atoms with Crippen molar-refractivity contribution >= 4 is 11.9 Å². The van der Waals surface area contributed by atoms with E-state index in [9.17, 15) is 19.5 Å². The summed E-state index contributed by atoms with van der Waals surface area (Å²) in [6.45, 7) is 2.95. The molecule has 6 nitrogen and oxygen atoms in total. The van der Waals surface area contributed by atoms with E-state index in [0.717, 1.165) is 24.1 Å². The smallest absolute Gasteiger partial charge is 0.335 e. The lowest BCUT2D eigenvalue weighted by atomic mass is 9.89. The van der Waals surface area contributed by atoms with Crippen molar-refractivity contribution < 1.29 is 14.7 Å². The van der Waals surface area contributed by atoms with Gasteiger partial charge in [-0.1, -0.05) is 12.1 Å². The quantitative estimate of drug-likeness (QED) is 0.918. The molecule has 26 heavy (non-hydrogen) atoms. The first-order valence-corrected chi connectivity index (χ1v) is 8.67. The number of aromatic carboxylic acids is 1. The summed E-state index contributed by atoms with van der Waals surface area (Å²) in [6.07, 6.45) is 1.74. The van der Waals surface area contributed by atoms with Gasteiger partial charge in [-0.25, -0.2) is 4.79 Å². The van der Waals surface area contributed by atoms with Crippen LogP contribution in [0.1, 0.15) is 50.9 Å². The monoisotopic (exact) mass is 354 g/mol. The van der Waals surface area contributed by atoms with E-state index in [2.05, 4.69) is 0 Å². The number of hydrogen-bond acceptors (Lipinski definition) is 3. The van der Waals surface area contributed by atoms with Gasteiger partial charge in [0.15, 0.2) is 5.43 Å². The molecule has 0 saturated carbocycles. The molecule has 1 fully saturated rings. The number of amides is 1. The van der Waals surface area contributed by atoms with Crippen molar-refractivity contribution in [1.82, 2.24) is 9.47 Å². The van der Waals surface area contributed by atoms with Gasteiger partial charge in [-0.2, -0.15) is 0 Å². The van der Waals surface area contributed by atoms with Gasteiger partial charge in [0.2, 0.25) is 0 Å². The highest BCUT2D eigenvalue weighted by Gasteiger charge is 2.27. The van der Waals surface area contributed by atoms with Crippen LogP contribution in [0.2, 0.25) is 0 Å². The van der Waals surface area contributed by atoms with E-state index in [4.69, 9.17) is 0 Å². The molecular formula is C20H22N2O4. The van der Waals surface area contributed by atoms with Gasteiger partial charge in [0.1, 0.15) is 5.69 Å². The van der Waals surface area contributed by atoms with Gasteiger partial charge in [-0.05, 0) is 37.5 Å². The molecule has 136 valence electrons. The first-order chi connectivity index (χ1) is 12.4. The van der Waals surface area contributed by atoms with E-state index in [1.165, 1.54) is 12.1 Å². The first-order valence-electron chi connectivity index (χ1n) is 8.67.